The van der Waals surface area contributed by atoms with Crippen LogP contribution in [0.2, 0.25) is 0 Å². The Bertz CT molecular complexity index is 1110. The second-order valence-electron chi connectivity index (χ2n) is 6.39. The summed E-state index contributed by atoms with van der Waals surface area (Å²) in [5.74, 6) is 2.16. The summed E-state index contributed by atoms with van der Waals surface area (Å²) in [5.41, 5.74) is 3.19. The minimum Gasteiger partial charge on any atom is -0.493 e. The van der Waals surface area contributed by atoms with Gasteiger partial charge in [0, 0.05) is 11.4 Å². The predicted octanol–water partition coefficient (Wildman–Crippen LogP) is 4.04. The third-order valence-electron chi connectivity index (χ3n) is 4.93. The van der Waals surface area contributed by atoms with Gasteiger partial charge in [-0.1, -0.05) is 6.07 Å². The lowest BCUT2D eigenvalue weighted by Crippen LogP contribution is -2.20. The molecule has 0 radical (unpaired) electrons. The molecule has 0 saturated carbocycles. The molecule has 4 rings (SSSR count). The van der Waals surface area contributed by atoms with Gasteiger partial charge in [0.1, 0.15) is 10.7 Å². The van der Waals surface area contributed by atoms with Gasteiger partial charge in [-0.25, -0.2) is 4.98 Å². The largest absolute Gasteiger partial charge is 0.493 e. The Morgan fingerprint density at radius 1 is 1.19 bits per heavy atom. The summed E-state index contributed by atoms with van der Waals surface area (Å²) in [6.07, 6.45) is 2.87. The van der Waals surface area contributed by atoms with E-state index in [1.807, 2.05) is 32.0 Å². The standard InChI is InChI=1S/C20H20N2O3S/c1-11-12(2)26-19-17(11)20(23)22-8-7-14(18(22)21-19)9-13-5-6-15(24-3)16(10-13)25-4/h5-6,9-10H,7-8H2,1-4H3/b14-9+. The van der Waals surface area contributed by atoms with E-state index in [2.05, 4.69) is 6.08 Å². The van der Waals surface area contributed by atoms with Gasteiger partial charge in [-0.05, 0) is 55.2 Å². The van der Waals surface area contributed by atoms with E-state index in [-0.39, 0.29) is 5.56 Å². The highest BCUT2D eigenvalue weighted by Crippen LogP contribution is 2.33. The normalized spacial score (nSPS) is 14.8. The smallest absolute Gasteiger partial charge is 0.262 e. The molecule has 0 N–H and O–H groups in total. The molecule has 3 aromatic rings. The van der Waals surface area contributed by atoms with Gasteiger partial charge in [0.2, 0.25) is 0 Å². The lowest BCUT2D eigenvalue weighted by Gasteiger charge is -2.08. The molecule has 134 valence electrons. The predicted molar refractivity (Wildman–Crippen MR) is 105 cm³/mol. The van der Waals surface area contributed by atoms with Crippen LogP contribution in [0.25, 0.3) is 21.9 Å². The van der Waals surface area contributed by atoms with Crippen molar-refractivity contribution in [3.05, 3.63) is 50.4 Å². The fourth-order valence-electron chi connectivity index (χ4n) is 3.40. The summed E-state index contributed by atoms with van der Waals surface area (Å²) < 4.78 is 12.5. The molecule has 1 aliphatic heterocycles. The van der Waals surface area contributed by atoms with Gasteiger partial charge in [-0.2, -0.15) is 0 Å². The van der Waals surface area contributed by atoms with E-state index in [0.717, 1.165) is 44.0 Å². The first-order chi connectivity index (χ1) is 12.5. The van der Waals surface area contributed by atoms with Crippen molar-refractivity contribution in [2.24, 2.45) is 0 Å². The van der Waals surface area contributed by atoms with Gasteiger partial charge >= 0.3 is 0 Å². The number of nitrogens with zero attached hydrogens (tertiary/aromatic N) is 2. The third kappa shape index (κ3) is 2.52. The number of fused-ring (bicyclic) bond motifs is 2. The number of aryl methyl sites for hydroxylation is 2. The van der Waals surface area contributed by atoms with Gasteiger partial charge in [-0.3, -0.25) is 9.36 Å². The SMILES string of the molecule is COc1ccc(/C=C2\CCn3c2nc2sc(C)c(C)c2c3=O)cc1OC. The monoisotopic (exact) mass is 368 g/mol. The van der Waals surface area contributed by atoms with E-state index in [1.54, 1.807) is 30.1 Å². The zero-order valence-electron chi connectivity index (χ0n) is 15.3. The summed E-state index contributed by atoms with van der Waals surface area (Å²) >= 11 is 1.59. The first kappa shape index (κ1) is 16.8. The fraction of sp³-hybridized carbons (Fsp3) is 0.300. The van der Waals surface area contributed by atoms with E-state index >= 15 is 0 Å². The van der Waals surface area contributed by atoms with Crippen LogP contribution in [-0.2, 0) is 6.54 Å². The molecule has 0 spiro atoms. The molecule has 0 amide bonds. The maximum absolute atomic E-state index is 12.9. The highest BCUT2D eigenvalue weighted by atomic mass is 32.1. The zero-order chi connectivity index (χ0) is 18.4. The number of methoxy groups -OCH3 is 2. The molecule has 6 heteroatoms. The molecule has 0 bridgehead atoms. The van der Waals surface area contributed by atoms with E-state index in [9.17, 15) is 4.79 Å². The van der Waals surface area contributed by atoms with Crippen molar-refractivity contribution in [2.45, 2.75) is 26.8 Å². The van der Waals surface area contributed by atoms with Crippen molar-refractivity contribution >= 4 is 33.2 Å². The van der Waals surface area contributed by atoms with Gasteiger partial charge < -0.3 is 9.47 Å². The Kier molecular flexibility index (Phi) is 4.07. The van der Waals surface area contributed by atoms with Crippen molar-refractivity contribution in [1.82, 2.24) is 9.55 Å². The summed E-state index contributed by atoms with van der Waals surface area (Å²) in [6.45, 7) is 4.71. The van der Waals surface area contributed by atoms with E-state index in [1.165, 1.54) is 0 Å². The maximum atomic E-state index is 12.9. The van der Waals surface area contributed by atoms with Crippen LogP contribution in [0.15, 0.2) is 23.0 Å². The van der Waals surface area contributed by atoms with E-state index < -0.39 is 0 Å². The van der Waals surface area contributed by atoms with Gasteiger partial charge in [0.25, 0.3) is 5.56 Å². The maximum Gasteiger partial charge on any atom is 0.262 e. The molecule has 0 fully saturated rings. The highest BCUT2D eigenvalue weighted by Gasteiger charge is 2.23. The van der Waals surface area contributed by atoms with Gasteiger partial charge in [0.05, 0.1) is 19.6 Å². The van der Waals surface area contributed by atoms with Gasteiger partial charge in [0.15, 0.2) is 11.5 Å². The minimum atomic E-state index is 0.0718. The van der Waals surface area contributed by atoms with Crippen LogP contribution >= 0.6 is 11.3 Å². The van der Waals surface area contributed by atoms with Crippen molar-refractivity contribution in [2.75, 3.05) is 14.2 Å². The quantitative estimate of drug-likeness (QED) is 0.700. The fourth-order valence-corrected chi connectivity index (χ4v) is 4.42. The number of thiophene rings is 1. The second kappa shape index (κ2) is 6.29. The topological polar surface area (TPSA) is 53.4 Å². The summed E-state index contributed by atoms with van der Waals surface area (Å²) in [6, 6.07) is 5.80. The summed E-state index contributed by atoms with van der Waals surface area (Å²) in [7, 11) is 3.24. The Morgan fingerprint density at radius 3 is 2.69 bits per heavy atom. The molecule has 0 aliphatic carbocycles. The number of aromatic nitrogens is 2. The first-order valence-corrected chi connectivity index (χ1v) is 9.28. The molecular formula is C20H20N2O3S. The Balaban J connectivity index is 1.84. The summed E-state index contributed by atoms with van der Waals surface area (Å²) in [4.78, 5) is 19.7. The van der Waals surface area contributed by atoms with Crippen molar-refractivity contribution in [3.63, 3.8) is 0 Å². The number of rotatable bonds is 3. The number of allylic oxidation sites excluding steroid dienone is 1. The Hall–Kier alpha value is -2.60. The number of hydrogen-bond donors (Lipinski definition) is 0. The third-order valence-corrected chi connectivity index (χ3v) is 6.03. The lowest BCUT2D eigenvalue weighted by atomic mass is 10.1. The molecular weight excluding hydrogens is 348 g/mol. The molecule has 0 atom stereocenters. The van der Waals surface area contributed by atoms with Crippen LogP contribution in [0.5, 0.6) is 11.5 Å². The van der Waals surface area contributed by atoms with Crippen LogP contribution in [0.4, 0.5) is 0 Å². The number of benzene rings is 1. The van der Waals surface area contributed by atoms with E-state index in [4.69, 9.17) is 14.5 Å². The molecule has 0 saturated heterocycles. The number of hydrogen-bond acceptors (Lipinski definition) is 5. The average molecular weight is 368 g/mol. The highest BCUT2D eigenvalue weighted by molar-refractivity contribution is 7.18. The lowest BCUT2D eigenvalue weighted by molar-refractivity contribution is 0.355. The molecule has 5 nitrogen and oxygen atoms in total. The van der Waals surface area contributed by atoms with Crippen molar-refractivity contribution in [1.29, 1.82) is 0 Å². The Morgan fingerprint density at radius 2 is 1.96 bits per heavy atom. The first-order valence-electron chi connectivity index (χ1n) is 8.47. The van der Waals surface area contributed by atoms with Gasteiger partial charge in [-0.15, -0.1) is 11.3 Å². The number of ether oxygens (including phenoxy) is 2. The average Bonchev–Trinajstić information content (AvgIpc) is 3.16. The summed E-state index contributed by atoms with van der Waals surface area (Å²) in [5, 5.41) is 0.767. The molecule has 1 aromatic carbocycles. The zero-order valence-corrected chi connectivity index (χ0v) is 16.1. The van der Waals surface area contributed by atoms with Crippen LogP contribution < -0.4 is 15.0 Å². The van der Waals surface area contributed by atoms with Crippen LogP contribution in [-0.4, -0.2) is 23.8 Å². The molecule has 2 aromatic heterocycles. The minimum absolute atomic E-state index is 0.0718. The second-order valence-corrected chi connectivity index (χ2v) is 7.59. The van der Waals surface area contributed by atoms with Crippen molar-refractivity contribution in [3.8, 4) is 11.5 Å². The van der Waals surface area contributed by atoms with Crippen LogP contribution in [0.1, 0.15) is 28.2 Å². The van der Waals surface area contributed by atoms with E-state index in [0.29, 0.717) is 18.0 Å². The van der Waals surface area contributed by atoms with Crippen LogP contribution in [0.3, 0.4) is 0 Å². The Labute approximate surface area is 155 Å². The molecule has 1 aliphatic rings. The molecule has 3 heterocycles. The molecule has 26 heavy (non-hydrogen) atoms. The van der Waals surface area contributed by atoms with Crippen molar-refractivity contribution < 1.29 is 9.47 Å². The van der Waals surface area contributed by atoms with Crippen LogP contribution in [0, 0.1) is 13.8 Å². The molecule has 0 unspecified atom stereocenters.